The van der Waals surface area contributed by atoms with Gasteiger partial charge in [0.15, 0.2) is 10.8 Å². The summed E-state index contributed by atoms with van der Waals surface area (Å²) in [6, 6.07) is 3.43. The predicted octanol–water partition coefficient (Wildman–Crippen LogP) is 3.12. The van der Waals surface area contributed by atoms with Gasteiger partial charge in [-0.25, -0.2) is 0 Å². The molecule has 2 aromatic rings. The van der Waals surface area contributed by atoms with Crippen molar-refractivity contribution in [3.05, 3.63) is 34.4 Å². The number of hydrogen-bond donors (Lipinski definition) is 2. The number of alkyl halides is 2. The molecule has 114 valence electrons. The van der Waals surface area contributed by atoms with E-state index in [4.69, 9.17) is 23.2 Å². The molecule has 2 N–H and O–H groups in total. The molecule has 0 amide bonds. The molecule has 0 spiro atoms. The highest BCUT2D eigenvalue weighted by atomic mass is 35.5. The molecule has 0 aliphatic rings. The summed E-state index contributed by atoms with van der Waals surface area (Å²) in [4.78, 5) is 0. The van der Waals surface area contributed by atoms with Crippen LogP contribution in [-0.2, 0) is 10.0 Å². The van der Waals surface area contributed by atoms with Gasteiger partial charge in [0.2, 0.25) is 0 Å². The minimum atomic E-state index is -3.91. The van der Waals surface area contributed by atoms with Crippen LogP contribution in [0.1, 0.15) is 0 Å². The first-order valence-corrected chi connectivity index (χ1v) is 7.49. The van der Waals surface area contributed by atoms with E-state index in [1.807, 2.05) is 0 Å². The first-order valence-electron chi connectivity index (χ1n) is 5.25. The maximum absolute atomic E-state index is 12.2. The van der Waals surface area contributed by atoms with Crippen LogP contribution in [0.25, 0.3) is 0 Å². The number of nitrogens with zero attached hydrogens (tertiary/aromatic N) is 1. The summed E-state index contributed by atoms with van der Waals surface area (Å²) in [5, 5.41) is 5.09. The van der Waals surface area contributed by atoms with Gasteiger partial charge in [-0.05, 0) is 18.2 Å². The van der Waals surface area contributed by atoms with E-state index in [0.29, 0.717) is 0 Å². The fraction of sp³-hybridized carbons (Fsp3) is 0.100. The Morgan fingerprint density at radius 3 is 2.38 bits per heavy atom. The zero-order valence-electron chi connectivity index (χ0n) is 9.98. The van der Waals surface area contributed by atoms with Crippen LogP contribution in [0.4, 0.5) is 14.5 Å². The Balaban J connectivity index is 2.31. The summed E-state index contributed by atoms with van der Waals surface area (Å²) in [6.45, 7) is -3.10. The summed E-state index contributed by atoms with van der Waals surface area (Å²) in [5.41, 5.74) is -0.0128. The average Bonchev–Trinajstić information content (AvgIpc) is 2.87. The quantitative estimate of drug-likeness (QED) is 0.860. The van der Waals surface area contributed by atoms with Crippen LogP contribution in [0.15, 0.2) is 29.4 Å². The van der Waals surface area contributed by atoms with E-state index in [1.165, 1.54) is 12.3 Å². The largest absolute Gasteiger partial charge is 0.432 e. The molecule has 2 rings (SSSR count). The van der Waals surface area contributed by atoms with Crippen molar-refractivity contribution in [1.82, 2.24) is 10.2 Å². The van der Waals surface area contributed by atoms with Gasteiger partial charge in [-0.2, -0.15) is 22.3 Å². The Hall–Kier alpha value is -1.58. The average molecular weight is 358 g/mol. The van der Waals surface area contributed by atoms with Crippen molar-refractivity contribution in [2.45, 2.75) is 11.6 Å². The molecule has 1 aromatic heterocycles. The van der Waals surface area contributed by atoms with Crippen LogP contribution >= 0.6 is 23.2 Å². The number of aromatic nitrogens is 2. The zero-order valence-corrected chi connectivity index (χ0v) is 12.3. The minimum Gasteiger partial charge on any atom is -0.432 e. The maximum Gasteiger partial charge on any atom is 0.387 e. The number of nitrogens with one attached hydrogen (secondary N) is 2. The molecule has 0 saturated heterocycles. The Morgan fingerprint density at radius 1 is 1.29 bits per heavy atom. The normalized spacial score (nSPS) is 11.7. The van der Waals surface area contributed by atoms with Crippen molar-refractivity contribution in [1.29, 1.82) is 0 Å². The highest BCUT2D eigenvalue weighted by molar-refractivity contribution is 7.92. The molecule has 0 aliphatic heterocycles. The van der Waals surface area contributed by atoms with Gasteiger partial charge in [0.25, 0.3) is 10.0 Å². The number of anilines is 1. The molecule has 0 radical (unpaired) electrons. The van der Waals surface area contributed by atoms with E-state index in [-0.39, 0.29) is 20.8 Å². The molecule has 11 heteroatoms. The Morgan fingerprint density at radius 2 is 1.90 bits per heavy atom. The molecule has 0 saturated carbocycles. The molecule has 21 heavy (non-hydrogen) atoms. The van der Waals surface area contributed by atoms with Crippen molar-refractivity contribution in [3.63, 3.8) is 0 Å². The van der Waals surface area contributed by atoms with Gasteiger partial charge in [0.1, 0.15) is 0 Å². The Bertz CT molecular complexity index is 715. The minimum absolute atomic E-state index is 0.0128. The van der Waals surface area contributed by atoms with Crippen molar-refractivity contribution in [3.8, 4) is 5.75 Å². The molecule has 0 fully saturated rings. The second-order valence-electron chi connectivity index (χ2n) is 3.67. The Kier molecular flexibility index (Phi) is 4.55. The highest BCUT2D eigenvalue weighted by Gasteiger charge is 2.19. The summed E-state index contributed by atoms with van der Waals surface area (Å²) in [7, 11) is -3.91. The van der Waals surface area contributed by atoms with Crippen LogP contribution < -0.4 is 9.46 Å². The number of halogens is 4. The van der Waals surface area contributed by atoms with Gasteiger partial charge in [0, 0.05) is 0 Å². The van der Waals surface area contributed by atoms with E-state index in [0.717, 1.165) is 12.1 Å². The molecule has 0 aliphatic carbocycles. The first-order chi connectivity index (χ1) is 9.79. The fourth-order valence-corrected chi connectivity index (χ4v) is 2.95. The van der Waals surface area contributed by atoms with Crippen LogP contribution in [0.3, 0.4) is 0 Å². The van der Waals surface area contributed by atoms with Crippen molar-refractivity contribution in [2.75, 3.05) is 4.72 Å². The summed E-state index contributed by atoms with van der Waals surface area (Å²) < 4.78 is 54.5. The smallest absolute Gasteiger partial charge is 0.387 e. The number of hydrogen-bond acceptors (Lipinski definition) is 4. The summed E-state index contributed by atoms with van der Waals surface area (Å²) >= 11 is 11.5. The molecule has 6 nitrogen and oxygen atoms in total. The maximum atomic E-state index is 12.2. The third-order valence-corrected chi connectivity index (χ3v) is 4.09. The van der Waals surface area contributed by atoms with Crippen LogP contribution in [0.2, 0.25) is 10.0 Å². The Labute approximate surface area is 128 Å². The number of H-pyrrole nitrogens is 1. The first kappa shape index (κ1) is 15.8. The highest BCUT2D eigenvalue weighted by Crippen LogP contribution is 2.37. The van der Waals surface area contributed by atoms with Gasteiger partial charge in [0.05, 0.1) is 21.9 Å². The van der Waals surface area contributed by atoms with Gasteiger partial charge >= 0.3 is 6.61 Å². The predicted molar refractivity (Wildman–Crippen MR) is 72.5 cm³/mol. The molecular weight excluding hydrogens is 351 g/mol. The number of benzene rings is 1. The van der Waals surface area contributed by atoms with Gasteiger partial charge in [-0.1, -0.05) is 23.2 Å². The second kappa shape index (κ2) is 6.04. The third-order valence-electron chi connectivity index (χ3n) is 2.22. The monoisotopic (exact) mass is 357 g/mol. The van der Waals surface area contributed by atoms with E-state index in [1.54, 1.807) is 0 Å². The van der Waals surface area contributed by atoms with E-state index in [2.05, 4.69) is 19.7 Å². The number of aromatic amines is 1. The van der Waals surface area contributed by atoms with E-state index < -0.39 is 22.4 Å². The number of sulfonamides is 1. The fourth-order valence-electron chi connectivity index (χ4n) is 1.42. The molecular formula is C10H7Cl2F2N3O3S. The molecule has 0 bridgehead atoms. The van der Waals surface area contributed by atoms with Crippen molar-refractivity contribution < 1.29 is 21.9 Å². The SMILES string of the molecule is O=S(=O)(Nc1cc(Cl)c(OC(F)F)c(Cl)c1)c1ccn[nH]1. The number of ether oxygens (including phenoxy) is 1. The second-order valence-corrected chi connectivity index (χ2v) is 6.14. The van der Waals surface area contributed by atoms with Gasteiger partial charge < -0.3 is 4.74 Å². The third kappa shape index (κ3) is 3.74. The van der Waals surface area contributed by atoms with Crippen LogP contribution in [-0.4, -0.2) is 25.2 Å². The lowest BCUT2D eigenvalue weighted by Gasteiger charge is -2.12. The lowest BCUT2D eigenvalue weighted by Crippen LogP contribution is -2.13. The standard InChI is InChI=1S/C10H7Cl2F2N3O3S/c11-6-3-5(4-7(12)9(6)20-10(13)14)17-21(18,19)8-1-2-15-16-8/h1-4,10,17H,(H,15,16). The van der Waals surface area contributed by atoms with Crippen molar-refractivity contribution >= 4 is 38.9 Å². The van der Waals surface area contributed by atoms with Crippen LogP contribution in [0, 0.1) is 0 Å². The lowest BCUT2D eigenvalue weighted by atomic mass is 10.3. The lowest BCUT2D eigenvalue weighted by molar-refractivity contribution is -0.0497. The molecule has 1 heterocycles. The van der Waals surface area contributed by atoms with Crippen LogP contribution in [0.5, 0.6) is 5.75 Å². The van der Waals surface area contributed by atoms with Gasteiger partial charge in [-0.3, -0.25) is 9.82 Å². The molecule has 0 unspecified atom stereocenters. The summed E-state index contributed by atoms with van der Waals surface area (Å²) in [6.07, 6.45) is 1.26. The zero-order chi connectivity index (χ0) is 15.6. The number of rotatable bonds is 5. The van der Waals surface area contributed by atoms with E-state index >= 15 is 0 Å². The molecule has 0 atom stereocenters. The summed E-state index contributed by atoms with van der Waals surface area (Å²) in [5.74, 6) is -0.433. The topological polar surface area (TPSA) is 84.1 Å². The van der Waals surface area contributed by atoms with E-state index in [9.17, 15) is 17.2 Å². The molecule has 1 aromatic carbocycles. The van der Waals surface area contributed by atoms with Gasteiger partial charge in [-0.15, -0.1) is 0 Å². The van der Waals surface area contributed by atoms with Crippen molar-refractivity contribution in [2.24, 2.45) is 0 Å².